The Hall–Kier alpha value is -2.23. The highest BCUT2D eigenvalue weighted by atomic mass is 19.4. The van der Waals surface area contributed by atoms with Crippen molar-refractivity contribution in [3.8, 4) is 0 Å². The van der Waals surface area contributed by atoms with Gasteiger partial charge in [0.15, 0.2) is 0 Å². The fourth-order valence-corrected chi connectivity index (χ4v) is 4.75. The Balaban J connectivity index is 1.86. The number of ether oxygens (including phenoxy) is 3. The quantitative estimate of drug-likeness (QED) is 0.522. The second-order valence-corrected chi connectivity index (χ2v) is 8.96. The van der Waals surface area contributed by atoms with Gasteiger partial charge < -0.3 is 19.3 Å². The molecule has 2 unspecified atom stereocenters. The number of hydrogen-bond donors (Lipinski definition) is 1. The fraction of sp³-hybridized carbons (Fsp3) is 0.565. The zero-order valence-electron chi connectivity index (χ0n) is 18.4. The highest BCUT2D eigenvalue weighted by Gasteiger charge is 2.67. The summed E-state index contributed by atoms with van der Waals surface area (Å²) >= 11 is 0. The first-order valence-corrected chi connectivity index (χ1v) is 10.2. The number of methoxy groups -OCH3 is 1. The highest BCUT2D eigenvalue weighted by molar-refractivity contribution is 5.83. The van der Waals surface area contributed by atoms with Gasteiger partial charge in [-0.05, 0) is 26.0 Å². The fourth-order valence-electron chi connectivity index (χ4n) is 4.75. The molecule has 1 aromatic carbocycles. The molecule has 3 rings (SSSR count). The molecule has 1 heterocycles. The number of fused-ring (bicyclic) bond motifs is 2. The molecule has 5 atom stereocenters. The van der Waals surface area contributed by atoms with Gasteiger partial charge in [-0.3, -0.25) is 4.79 Å². The molecule has 176 valence electrons. The Labute approximate surface area is 184 Å². The summed E-state index contributed by atoms with van der Waals surface area (Å²) in [5.41, 5.74) is -7.35. The van der Waals surface area contributed by atoms with E-state index in [4.69, 9.17) is 14.2 Å². The summed E-state index contributed by atoms with van der Waals surface area (Å²) in [6.07, 6.45) is -3.43. The number of halogens is 3. The van der Waals surface area contributed by atoms with Crippen LogP contribution in [0.15, 0.2) is 42.5 Å². The molecule has 32 heavy (non-hydrogen) atoms. The molecule has 0 radical (unpaired) electrons. The lowest BCUT2D eigenvalue weighted by Crippen LogP contribution is -2.60. The molecule has 1 N–H and O–H groups in total. The van der Waals surface area contributed by atoms with Crippen molar-refractivity contribution in [1.82, 2.24) is 0 Å². The van der Waals surface area contributed by atoms with Gasteiger partial charge in [-0.25, -0.2) is 4.79 Å². The number of Topliss-reactive ketones (excluding diaryl/α,β-unsaturated/α-hetero) is 1. The third-order valence-corrected chi connectivity index (χ3v) is 6.63. The summed E-state index contributed by atoms with van der Waals surface area (Å²) in [6.45, 7) is 4.86. The molecule has 2 fully saturated rings. The molecule has 1 aliphatic heterocycles. The number of carbonyl (C=O) groups is 2. The van der Waals surface area contributed by atoms with Crippen LogP contribution in [0.1, 0.15) is 39.2 Å². The number of aliphatic hydroxyl groups is 1. The molecule has 2 bridgehead atoms. The minimum absolute atomic E-state index is 0.00641. The predicted octanol–water partition coefficient (Wildman–Crippen LogP) is 3.47. The van der Waals surface area contributed by atoms with Crippen LogP contribution in [0.4, 0.5) is 13.2 Å². The van der Waals surface area contributed by atoms with Crippen molar-refractivity contribution in [2.75, 3.05) is 13.7 Å². The average molecular weight is 456 g/mol. The van der Waals surface area contributed by atoms with Crippen LogP contribution >= 0.6 is 0 Å². The number of benzene rings is 1. The lowest BCUT2D eigenvalue weighted by molar-refractivity contribution is -0.277. The van der Waals surface area contributed by atoms with Crippen LogP contribution in [-0.2, 0) is 29.4 Å². The van der Waals surface area contributed by atoms with Gasteiger partial charge in [0.25, 0.3) is 5.60 Å². The van der Waals surface area contributed by atoms with Gasteiger partial charge in [-0.15, -0.1) is 0 Å². The van der Waals surface area contributed by atoms with Crippen LogP contribution in [-0.4, -0.2) is 54.1 Å². The van der Waals surface area contributed by atoms with Crippen molar-refractivity contribution in [2.45, 2.75) is 62.7 Å². The molecule has 9 heteroatoms. The predicted molar refractivity (Wildman–Crippen MR) is 108 cm³/mol. The van der Waals surface area contributed by atoms with E-state index in [1.54, 1.807) is 13.8 Å². The Kier molecular flexibility index (Phi) is 6.08. The topological polar surface area (TPSA) is 82.1 Å². The summed E-state index contributed by atoms with van der Waals surface area (Å²) in [5.74, 6) is -1.67. The first-order chi connectivity index (χ1) is 14.7. The van der Waals surface area contributed by atoms with Gasteiger partial charge in [-0.2, -0.15) is 13.2 Å². The first-order valence-electron chi connectivity index (χ1n) is 10.2. The third kappa shape index (κ3) is 3.56. The van der Waals surface area contributed by atoms with Crippen molar-refractivity contribution in [2.24, 2.45) is 5.41 Å². The van der Waals surface area contributed by atoms with E-state index in [9.17, 15) is 27.9 Å². The van der Waals surface area contributed by atoms with Gasteiger partial charge in [0.2, 0.25) is 0 Å². The van der Waals surface area contributed by atoms with Gasteiger partial charge in [0, 0.05) is 30.9 Å². The molecular formula is C23H27F3O6. The van der Waals surface area contributed by atoms with E-state index in [0.29, 0.717) is 0 Å². The Morgan fingerprint density at radius 3 is 2.38 bits per heavy atom. The van der Waals surface area contributed by atoms with E-state index in [2.05, 4.69) is 0 Å². The second-order valence-electron chi connectivity index (χ2n) is 8.96. The maximum atomic E-state index is 14.0. The van der Waals surface area contributed by atoms with Crippen molar-refractivity contribution in [1.29, 1.82) is 0 Å². The van der Waals surface area contributed by atoms with E-state index in [1.165, 1.54) is 37.3 Å². The maximum Gasteiger partial charge on any atom is 0.432 e. The van der Waals surface area contributed by atoms with E-state index in [1.807, 2.05) is 0 Å². The zero-order chi connectivity index (χ0) is 24.0. The minimum atomic E-state index is -5.08. The van der Waals surface area contributed by atoms with Crippen LogP contribution in [0.5, 0.6) is 0 Å². The van der Waals surface area contributed by atoms with Gasteiger partial charge in [0.1, 0.15) is 23.1 Å². The largest absolute Gasteiger partial charge is 0.456 e. The summed E-state index contributed by atoms with van der Waals surface area (Å²) in [4.78, 5) is 24.8. The van der Waals surface area contributed by atoms with Crippen molar-refractivity contribution < 1.29 is 42.1 Å². The SMILES string of the molecule is CO[C@@](C(=O)OC(C)/C=C/[C@@]1(O)C2(C)CC(=O)C[C@]1(C)CO2)(c1ccccc1)C(F)(F)F. The molecule has 0 aromatic heterocycles. The Bertz CT molecular complexity index is 892. The number of alkyl halides is 3. The molecule has 2 aliphatic rings. The van der Waals surface area contributed by atoms with E-state index in [-0.39, 0.29) is 25.2 Å². The van der Waals surface area contributed by atoms with Gasteiger partial charge in [0.05, 0.1) is 6.61 Å². The summed E-state index contributed by atoms with van der Waals surface area (Å²) in [6, 6.07) is 6.52. The average Bonchev–Trinajstić information content (AvgIpc) is 2.80. The molecule has 1 aliphatic carbocycles. The van der Waals surface area contributed by atoms with Crippen LogP contribution < -0.4 is 0 Å². The summed E-state index contributed by atoms with van der Waals surface area (Å²) in [5, 5.41) is 11.4. The van der Waals surface area contributed by atoms with Crippen molar-refractivity contribution >= 4 is 11.8 Å². The smallest absolute Gasteiger partial charge is 0.432 e. The summed E-state index contributed by atoms with van der Waals surface area (Å²) < 4.78 is 57.6. The number of esters is 1. The monoisotopic (exact) mass is 456 g/mol. The molecule has 0 amide bonds. The number of carbonyl (C=O) groups excluding carboxylic acids is 2. The van der Waals surface area contributed by atoms with Crippen LogP contribution in [0.2, 0.25) is 0 Å². The Morgan fingerprint density at radius 2 is 1.84 bits per heavy atom. The molecule has 0 spiro atoms. The lowest BCUT2D eigenvalue weighted by Gasteiger charge is -2.47. The maximum absolute atomic E-state index is 14.0. The molecule has 1 saturated carbocycles. The molecule has 1 aromatic rings. The summed E-state index contributed by atoms with van der Waals surface area (Å²) in [7, 11) is 0.792. The highest BCUT2D eigenvalue weighted by Crippen LogP contribution is 2.56. The van der Waals surface area contributed by atoms with E-state index >= 15 is 0 Å². The molecule has 6 nitrogen and oxygen atoms in total. The van der Waals surface area contributed by atoms with Crippen LogP contribution in [0.3, 0.4) is 0 Å². The van der Waals surface area contributed by atoms with Crippen molar-refractivity contribution in [3.05, 3.63) is 48.0 Å². The lowest BCUT2D eigenvalue weighted by atomic mass is 9.59. The minimum Gasteiger partial charge on any atom is -0.456 e. The van der Waals surface area contributed by atoms with Gasteiger partial charge >= 0.3 is 12.1 Å². The number of ketones is 1. The van der Waals surface area contributed by atoms with Gasteiger partial charge in [-0.1, -0.05) is 37.3 Å². The van der Waals surface area contributed by atoms with Crippen molar-refractivity contribution in [3.63, 3.8) is 0 Å². The first kappa shape index (κ1) is 24.4. The molecular weight excluding hydrogens is 429 g/mol. The zero-order valence-corrected chi connectivity index (χ0v) is 18.4. The molecule has 1 saturated heterocycles. The van der Waals surface area contributed by atoms with E-state index in [0.717, 1.165) is 19.2 Å². The third-order valence-electron chi connectivity index (χ3n) is 6.63. The standard InChI is InChI=1S/C23H27F3O6/c1-15(10-11-21(29)19(2)12-17(27)13-20(21,3)31-14-19)32-18(28)22(30-4,23(24,25)26)16-8-6-5-7-9-16/h5-11,15,29H,12-14H2,1-4H3/b11-10+/t15?,19-,20?,21+,22-/m1/s1. The van der Waals surface area contributed by atoms with Crippen LogP contribution in [0, 0.1) is 5.41 Å². The second kappa shape index (κ2) is 7.97. The number of hydrogen-bond acceptors (Lipinski definition) is 6. The number of rotatable bonds is 6. The van der Waals surface area contributed by atoms with E-state index < -0.39 is 46.0 Å². The normalized spacial score (nSPS) is 33.2. The Morgan fingerprint density at radius 1 is 1.22 bits per heavy atom. The van der Waals surface area contributed by atoms with Crippen LogP contribution in [0.25, 0.3) is 0 Å².